The molecule has 2 N–H and O–H groups in total. The summed E-state index contributed by atoms with van der Waals surface area (Å²) in [6.45, 7) is 6.04. The number of likely N-dealkylation sites (N-methyl/N-ethyl adjacent to an activating group) is 1. The van der Waals surface area contributed by atoms with Crippen molar-refractivity contribution in [2.24, 2.45) is 5.92 Å². The number of amides is 1. The Morgan fingerprint density at radius 3 is 2.53 bits per heavy atom. The summed E-state index contributed by atoms with van der Waals surface area (Å²) >= 11 is 0. The van der Waals surface area contributed by atoms with Gasteiger partial charge in [0.15, 0.2) is 0 Å². The van der Waals surface area contributed by atoms with E-state index in [-0.39, 0.29) is 17.8 Å². The molecule has 6 nitrogen and oxygen atoms in total. The normalized spacial score (nSPS) is 18.6. The quantitative estimate of drug-likeness (QED) is 0.616. The SMILES string of the molecule is CCC(C)C(NC(=O)CN(C)C1CNC1)C(=O)OC. The van der Waals surface area contributed by atoms with Crippen LogP contribution >= 0.6 is 0 Å². The average molecular weight is 271 g/mol. The van der Waals surface area contributed by atoms with Crippen LogP contribution in [0.4, 0.5) is 0 Å². The molecular formula is C13H25N3O3. The molecule has 1 aliphatic heterocycles. The van der Waals surface area contributed by atoms with Crippen LogP contribution in [0.15, 0.2) is 0 Å². The van der Waals surface area contributed by atoms with Crippen LogP contribution in [-0.4, -0.2) is 62.7 Å². The van der Waals surface area contributed by atoms with E-state index < -0.39 is 6.04 Å². The van der Waals surface area contributed by atoms with Crippen LogP contribution in [0.25, 0.3) is 0 Å². The van der Waals surface area contributed by atoms with Gasteiger partial charge in [0.25, 0.3) is 0 Å². The zero-order valence-electron chi connectivity index (χ0n) is 12.2. The molecule has 1 fully saturated rings. The number of carbonyl (C=O) groups excluding carboxylic acids is 2. The number of carbonyl (C=O) groups is 2. The maximum atomic E-state index is 12.0. The summed E-state index contributed by atoms with van der Waals surface area (Å²) in [4.78, 5) is 25.6. The van der Waals surface area contributed by atoms with Crippen molar-refractivity contribution in [2.75, 3.05) is 33.8 Å². The van der Waals surface area contributed by atoms with Gasteiger partial charge in [0, 0.05) is 19.1 Å². The first kappa shape index (κ1) is 15.9. The highest BCUT2D eigenvalue weighted by Gasteiger charge is 2.28. The summed E-state index contributed by atoms with van der Waals surface area (Å²) in [5.74, 6) is -0.451. The van der Waals surface area contributed by atoms with E-state index >= 15 is 0 Å². The molecule has 0 aromatic carbocycles. The summed E-state index contributed by atoms with van der Waals surface area (Å²) in [5.41, 5.74) is 0. The van der Waals surface area contributed by atoms with Crippen LogP contribution in [0.1, 0.15) is 20.3 Å². The van der Waals surface area contributed by atoms with Crippen molar-refractivity contribution in [3.8, 4) is 0 Å². The third-order valence-electron chi connectivity index (χ3n) is 3.76. The van der Waals surface area contributed by atoms with Crippen LogP contribution in [0, 0.1) is 5.92 Å². The van der Waals surface area contributed by atoms with E-state index in [2.05, 4.69) is 10.6 Å². The molecule has 0 aromatic rings. The van der Waals surface area contributed by atoms with Crippen LogP contribution in [0.2, 0.25) is 0 Å². The summed E-state index contributed by atoms with van der Waals surface area (Å²) in [6, 6.07) is -0.152. The van der Waals surface area contributed by atoms with Gasteiger partial charge in [0.2, 0.25) is 5.91 Å². The Labute approximate surface area is 114 Å². The molecule has 2 unspecified atom stereocenters. The molecule has 0 bridgehead atoms. The molecule has 1 saturated heterocycles. The van der Waals surface area contributed by atoms with Gasteiger partial charge in [-0.1, -0.05) is 20.3 Å². The molecule has 1 rings (SSSR count). The summed E-state index contributed by atoms with van der Waals surface area (Å²) in [6.07, 6.45) is 0.808. The summed E-state index contributed by atoms with van der Waals surface area (Å²) in [5, 5.41) is 5.94. The minimum Gasteiger partial charge on any atom is -0.467 e. The van der Waals surface area contributed by atoms with Crippen LogP contribution in [0.5, 0.6) is 0 Å². The maximum absolute atomic E-state index is 12.0. The van der Waals surface area contributed by atoms with Crippen molar-refractivity contribution < 1.29 is 14.3 Å². The largest absolute Gasteiger partial charge is 0.467 e. The molecule has 0 spiro atoms. The number of hydrogen-bond donors (Lipinski definition) is 2. The molecule has 0 saturated carbocycles. The second kappa shape index (κ2) is 7.45. The first-order valence-electron chi connectivity index (χ1n) is 6.77. The molecular weight excluding hydrogens is 246 g/mol. The van der Waals surface area contributed by atoms with Gasteiger partial charge in [-0.2, -0.15) is 0 Å². The number of rotatable bonds is 7. The van der Waals surface area contributed by atoms with Crippen LogP contribution in [-0.2, 0) is 14.3 Å². The Balaban J connectivity index is 2.48. The Kier molecular flexibility index (Phi) is 6.24. The van der Waals surface area contributed by atoms with Crippen LogP contribution in [0.3, 0.4) is 0 Å². The number of methoxy groups -OCH3 is 1. The average Bonchev–Trinajstić information content (AvgIpc) is 2.31. The molecule has 6 heteroatoms. The van der Waals surface area contributed by atoms with Crippen molar-refractivity contribution in [3.05, 3.63) is 0 Å². The molecule has 0 radical (unpaired) electrons. The van der Waals surface area contributed by atoms with Gasteiger partial charge in [-0.15, -0.1) is 0 Å². The number of hydrogen-bond acceptors (Lipinski definition) is 5. The Hall–Kier alpha value is -1.14. The lowest BCUT2D eigenvalue weighted by Gasteiger charge is -2.35. The number of nitrogens with zero attached hydrogens (tertiary/aromatic N) is 1. The monoisotopic (exact) mass is 271 g/mol. The van der Waals surface area contributed by atoms with E-state index in [1.54, 1.807) is 0 Å². The topological polar surface area (TPSA) is 70.7 Å². The van der Waals surface area contributed by atoms with Gasteiger partial charge in [-0.05, 0) is 13.0 Å². The Morgan fingerprint density at radius 2 is 2.11 bits per heavy atom. The highest BCUT2D eigenvalue weighted by atomic mass is 16.5. The van der Waals surface area contributed by atoms with Crippen molar-refractivity contribution in [3.63, 3.8) is 0 Å². The molecule has 1 heterocycles. The molecule has 19 heavy (non-hydrogen) atoms. The molecule has 1 aliphatic rings. The van der Waals surface area contributed by atoms with E-state index in [1.807, 2.05) is 25.8 Å². The number of ether oxygens (including phenoxy) is 1. The zero-order chi connectivity index (χ0) is 14.4. The molecule has 0 aromatic heterocycles. The fourth-order valence-corrected chi connectivity index (χ4v) is 1.96. The van der Waals surface area contributed by atoms with Gasteiger partial charge >= 0.3 is 5.97 Å². The van der Waals surface area contributed by atoms with Crippen molar-refractivity contribution in [1.29, 1.82) is 0 Å². The van der Waals surface area contributed by atoms with E-state index in [1.165, 1.54) is 7.11 Å². The molecule has 1 amide bonds. The molecule has 2 atom stereocenters. The van der Waals surface area contributed by atoms with Gasteiger partial charge in [0.1, 0.15) is 6.04 Å². The fourth-order valence-electron chi connectivity index (χ4n) is 1.96. The molecule has 0 aliphatic carbocycles. The van der Waals surface area contributed by atoms with E-state index in [0.717, 1.165) is 19.5 Å². The standard InChI is InChI=1S/C13H25N3O3/c1-5-9(2)12(13(18)19-4)15-11(17)8-16(3)10-6-14-7-10/h9-10,12,14H,5-8H2,1-4H3,(H,15,17). The van der Waals surface area contributed by atoms with Gasteiger partial charge in [-0.25, -0.2) is 4.79 Å². The third kappa shape index (κ3) is 4.47. The molecule has 110 valence electrons. The second-order valence-electron chi connectivity index (χ2n) is 5.18. The highest BCUT2D eigenvalue weighted by molar-refractivity contribution is 5.85. The zero-order valence-corrected chi connectivity index (χ0v) is 12.2. The first-order chi connectivity index (χ1) is 8.99. The number of nitrogens with one attached hydrogen (secondary N) is 2. The first-order valence-corrected chi connectivity index (χ1v) is 6.77. The van der Waals surface area contributed by atoms with Crippen molar-refractivity contribution >= 4 is 11.9 Å². The lowest BCUT2D eigenvalue weighted by atomic mass is 9.99. The van der Waals surface area contributed by atoms with Crippen LogP contribution < -0.4 is 10.6 Å². The predicted octanol–water partition coefficient (Wildman–Crippen LogP) is -0.406. The minimum absolute atomic E-state index is 0.0621. The third-order valence-corrected chi connectivity index (χ3v) is 3.76. The Bertz CT molecular complexity index is 318. The second-order valence-corrected chi connectivity index (χ2v) is 5.18. The van der Waals surface area contributed by atoms with E-state index in [9.17, 15) is 9.59 Å². The Morgan fingerprint density at radius 1 is 1.47 bits per heavy atom. The van der Waals surface area contributed by atoms with Gasteiger partial charge in [-0.3, -0.25) is 9.69 Å². The highest BCUT2D eigenvalue weighted by Crippen LogP contribution is 2.09. The lowest BCUT2D eigenvalue weighted by molar-refractivity contribution is -0.146. The lowest BCUT2D eigenvalue weighted by Crippen LogP contribution is -2.58. The fraction of sp³-hybridized carbons (Fsp3) is 0.846. The van der Waals surface area contributed by atoms with Crippen molar-refractivity contribution in [2.45, 2.75) is 32.4 Å². The maximum Gasteiger partial charge on any atom is 0.328 e. The summed E-state index contributed by atoms with van der Waals surface area (Å²) in [7, 11) is 3.26. The van der Waals surface area contributed by atoms with E-state index in [0.29, 0.717) is 12.6 Å². The smallest absolute Gasteiger partial charge is 0.328 e. The number of esters is 1. The summed E-state index contributed by atoms with van der Waals surface area (Å²) < 4.78 is 4.74. The minimum atomic E-state index is -0.560. The van der Waals surface area contributed by atoms with E-state index in [4.69, 9.17) is 4.74 Å². The van der Waals surface area contributed by atoms with Gasteiger partial charge in [0.05, 0.1) is 13.7 Å². The predicted molar refractivity (Wildman–Crippen MR) is 72.7 cm³/mol. The van der Waals surface area contributed by atoms with Crippen molar-refractivity contribution in [1.82, 2.24) is 15.5 Å². The van der Waals surface area contributed by atoms with Gasteiger partial charge < -0.3 is 15.4 Å².